The molecule has 2 rings (SSSR count). The highest BCUT2D eigenvalue weighted by Gasteiger charge is 2.28. The van der Waals surface area contributed by atoms with Gasteiger partial charge in [0.15, 0.2) is 0 Å². The first-order chi connectivity index (χ1) is 12.9. The number of benzene rings is 1. The molecule has 0 spiro atoms. The Labute approximate surface area is 163 Å². The lowest BCUT2D eigenvalue weighted by Gasteiger charge is -2.32. The van der Waals surface area contributed by atoms with Gasteiger partial charge in [0.2, 0.25) is 11.8 Å². The molecular formula is C19H25ClN2O5. The Hall–Kier alpha value is -2.28. The third-order valence-electron chi connectivity index (χ3n) is 4.55. The maximum Gasteiger partial charge on any atom is 0.308 e. The van der Waals surface area contributed by atoms with Crippen molar-refractivity contribution in [3.8, 4) is 5.75 Å². The summed E-state index contributed by atoms with van der Waals surface area (Å²) < 4.78 is 5.54. The number of hydrogen-bond acceptors (Lipinski definition) is 4. The SMILES string of the molecule is CN(CC(=O)N1CCCC(C(=O)O)C1)C(=O)CCCOc1ccccc1Cl. The zero-order chi connectivity index (χ0) is 19.8. The van der Waals surface area contributed by atoms with E-state index in [9.17, 15) is 14.4 Å². The zero-order valence-corrected chi connectivity index (χ0v) is 16.2. The molecule has 1 heterocycles. The Bertz CT molecular complexity index is 682. The van der Waals surface area contributed by atoms with Gasteiger partial charge in [0.05, 0.1) is 24.1 Å². The Morgan fingerprint density at radius 1 is 1.33 bits per heavy atom. The van der Waals surface area contributed by atoms with Crippen LogP contribution in [-0.4, -0.2) is 66.0 Å². The largest absolute Gasteiger partial charge is 0.492 e. The molecule has 1 aliphatic rings. The number of aliphatic carboxylic acids is 1. The zero-order valence-electron chi connectivity index (χ0n) is 15.4. The summed E-state index contributed by atoms with van der Waals surface area (Å²) in [6.45, 7) is 1.05. The van der Waals surface area contributed by atoms with E-state index in [1.807, 2.05) is 12.1 Å². The lowest BCUT2D eigenvalue weighted by Crippen LogP contribution is -2.46. The van der Waals surface area contributed by atoms with Crippen molar-refractivity contribution in [1.29, 1.82) is 0 Å². The minimum absolute atomic E-state index is 0.0451. The Kier molecular flexibility index (Phi) is 7.91. The smallest absolute Gasteiger partial charge is 0.308 e. The topological polar surface area (TPSA) is 87.2 Å². The molecule has 27 heavy (non-hydrogen) atoms. The third kappa shape index (κ3) is 6.43. The van der Waals surface area contributed by atoms with Crippen molar-refractivity contribution in [1.82, 2.24) is 9.80 Å². The van der Waals surface area contributed by atoms with Crippen LogP contribution in [0.3, 0.4) is 0 Å². The van der Waals surface area contributed by atoms with E-state index in [1.54, 1.807) is 19.2 Å². The number of carbonyl (C=O) groups excluding carboxylic acids is 2. The van der Waals surface area contributed by atoms with Crippen LogP contribution in [0.2, 0.25) is 5.02 Å². The summed E-state index contributed by atoms with van der Waals surface area (Å²) in [6.07, 6.45) is 2.01. The van der Waals surface area contributed by atoms with Gasteiger partial charge in [-0.2, -0.15) is 0 Å². The van der Waals surface area contributed by atoms with Crippen LogP contribution in [0.25, 0.3) is 0 Å². The maximum atomic E-state index is 12.3. The molecule has 0 radical (unpaired) electrons. The van der Waals surface area contributed by atoms with Gasteiger partial charge in [-0.05, 0) is 31.4 Å². The van der Waals surface area contributed by atoms with Gasteiger partial charge in [-0.25, -0.2) is 0 Å². The summed E-state index contributed by atoms with van der Waals surface area (Å²) in [4.78, 5) is 38.5. The number of amides is 2. The molecule has 0 aliphatic carbocycles. The van der Waals surface area contributed by atoms with Crippen LogP contribution in [0, 0.1) is 5.92 Å². The molecule has 0 bridgehead atoms. The van der Waals surface area contributed by atoms with E-state index in [-0.39, 0.29) is 31.3 Å². The van der Waals surface area contributed by atoms with Crippen molar-refractivity contribution in [2.45, 2.75) is 25.7 Å². The summed E-state index contributed by atoms with van der Waals surface area (Å²) in [5.41, 5.74) is 0. The van der Waals surface area contributed by atoms with Crippen LogP contribution in [0.15, 0.2) is 24.3 Å². The van der Waals surface area contributed by atoms with Gasteiger partial charge in [0, 0.05) is 26.6 Å². The third-order valence-corrected chi connectivity index (χ3v) is 4.86. The summed E-state index contributed by atoms with van der Waals surface area (Å²) >= 11 is 6.00. The Morgan fingerprint density at radius 3 is 2.78 bits per heavy atom. The average molecular weight is 397 g/mol. The average Bonchev–Trinajstić information content (AvgIpc) is 2.66. The monoisotopic (exact) mass is 396 g/mol. The number of carboxylic acid groups (broad SMARTS) is 1. The van der Waals surface area contributed by atoms with Gasteiger partial charge in [-0.1, -0.05) is 23.7 Å². The van der Waals surface area contributed by atoms with E-state index in [2.05, 4.69) is 0 Å². The van der Waals surface area contributed by atoms with E-state index in [4.69, 9.17) is 21.4 Å². The van der Waals surface area contributed by atoms with Gasteiger partial charge in [0.1, 0.15) is 5.75 Å². The number of halogens is 1. The molecule has 148 valence electrons. The van der Waals surface area contributed by atoms with Crippen LogP contribution in [-0.2, 0) is 14.4 Å². The fourth-order valence-electron chi connectivity index (χ4n) is 2.95. The number of carbonyl (C=O) groups is 3. The van der Waals surface area contributed by atoms with Crippen LogP contribution < -0.4 is 4.74 Å². The molecule has 1 fully saturated rings. The first kappa shape index (κ1) is 21.0. The molecule has 0 aromatic heterocycles. The highest BCUT2D eigenvalue weighted by molar-refractivity contribution is 6.32. The van der Waals surface area contributed by atoms with Gasteiger partial charge < -0.3 is 19.6 Å². The fraction of sp³-hybridized carbons (Fsp3) is 0.526. The Morgan fingerprint density at radius 2 is 2.07 bits per heavy atom. The quantitative estimate of drug-likeness (QED) is 0.681. The van der Waals surface area contributed by atoms with Gasteiger partial charge in [-0.3, -0.25) is 14.4 Å². The van der Waals surface area contributed by atoms with Gasteiger partial charge in [-0.15, -0.1) is 0 Å². The van der Waals surface area contributed by atoms with Crippen molar-refractivity contribution in [2.24, 2.45) is 5.92 Å². The van der Waals surface area contributed by atoms with E-state index in [0.717, 1.165) is 0 Å². The summed E-state index contributed by atoms with van der Waals surface area (Å²) in [5, 5.41) is 9.63. The van der Waals surface area contributed by atoms with Crippen LogP contribution in [0.1, 0.15) is 25.7 Å². The lowest BCUT2D eigenvalue weighted by molar-refractivity contribution is -0.147. The Balaban J connectivity index is 1.71. The molecule has 2 amide bonds. The van der Waals surface area contributed by atoms with E-state index in [1.165, 1.54) is 9.80 Å². The minimum Gasteiger partial charge on any atom is -0.492 e. The normalized spacial score (nSPS) is 16.7. The predicted octanol–water partition coefficient (Wildman–Crippen LogP) is 2.28. The van der Waals surface area contributed by atoms with E-state index >= 15 is 0 Å². The van der Waals surface area contributed by atoms with Crippen molar-refractivity contribution in [3.05, 3.63) is 29.3 Å². The molecule has 8 heteroatoms. The molecule has 1 atom stereocenters. The molecule has 1 aliphatic heterocycles. The highest BCUT2D eigenvalue weighted by Crippen LogP contribution is 2.23. The molecule has 1 aromatic rings. The van der Waals surface area contributed by atoms with Crippen molar-refractivity contribution in [3.63, 3.8) is 0 Å². The maximum absolute atomic E-state index is 12.3. The molecule has 1 N–H and O–H groups in total. The first-order valence-electron chi connectivity index (χ1n) is 9.00. The number of hydrogen-bond donors (Lipinski definition) is 1. The molecule has 1 saturated heterocycles. The standard InChI is InChI=1S/C19H25ClN2O5/c1-21(13-18(24)22-10-4-6-14(12-22)19(25)26)17(23)9-5-11-27-16-8-3-2-7-15(16)20/h2-3,7-8,14H,4-6,9-13H2,1H3,(H,25,26). The van der Waals surface area contributed by atoms with Crippen molar-refractivity contribution >= 4 is 29.4 Å². The van der Waals surface area contributed by atoms with E-state index in [0.29, 0.717) is 43.2 Å². The number of para-hydroxylation sites is 1. The molecule has 0 saturated carbocycles. The number of likely N-dealkylation sites (N-methyl/N-ethyl adjacent to an activating group) is 1. The molecule has 1 unspecified atom stereocenters. The van der Waals surface area contributed by atoms with Crippen LogP contribution >= 0.6 is 11.6 Å². The van der Waals surface area contributed by atoms with Crippen molar-refractivity contribution in [2.75, 3.05) is 33.3 Å². The second-order valence-electron chi connectivity index (χ2n) is 6.65. The predicted molar refractivity (Wildman–Crippen MR) is 101 cm³/mol. The van der Waals surface area contributed by atoms with Gasteiger partial charge >= 0.3 is 5.97 Å². The summed E-state index contributed by atoms with van der Waals surface area (Å²) in [7, 11) is 1.58. The number of carboxylic acids is 1. The number of likely N-dealkylation sites (tertiary alicyclic amines) is 1. The summed E-state index contributed by atoms with van der Waals surface area (Å²) in [6, 6.07) is 7.13. The van der Waals surface area contributed by atoms with Crippen LogP contribution in [0.5, 0.6) is 5.75 Å². The summed E-state index contributed by atoms with van der Waals surface area (Å²) in [5.74, 6) is -1.20. The number of nitrogens with zero attached hydrogens (tertiary/aromatic N) is 2. The van der Waals surface area contributed by atoms with E-state index < -0.39 is 11.9 Å². The van der Waals surface area contributed by atoms with Crippen molar-refractivity contribution < 1.29 is 24.2 Å². The second kappa shape index (κ2) is 10.2. The number of ether oxygens (including phenoxy) is 1. The first-order valence-corrected chi connectivity index (χ1v) is 9.38. The number of rotatable bonds is 8. The molecule has 7 nitrogen and oxygen atoms in total. The minimum atomic E-state index is -0.879. The highest BCUT2D eigenvalue weighted by atomic mass is 35.5. The van der Waals surface area contributed by atoms with Crippen LogP contribution in [0.4, 0.5) is 0 Å². The molecular weight excluding hydrogens is 372 g/mol. The lowest BCUT2D eigenvalue weighted by atomic mass is 9.98. The fourth-order valence-corrected chi connectivity index (χ4v) is 3.14. The molecule has 1 aromatic carbocycles. The van der Waals surface area contributed by atoms with Gasteiger partial charge in [0.25, 0.3) is 0 Å². The number of piperidine rings is 1. The second-order valence-corrected chi connectivity index (χ2v) is 7.06.